The molecule has 0 saturated carbocycles. The number of amides is 1. The van der Waals surface area contributed by atoms with Gasteiger partial charge in [0, 0.05) is 26.3 Å². The first-order valence-electron chi connectivity index (χ1n) is 6.83. The van der Waals surface area contributed by atoms with Crippen molar-refractivity contribution in [1.29, 1.82) is 0 Å². The summed E-state index contributed by atoms with van der Waals surface area (Å²) in [6.07, 6.45) is 1.64. The summed E-state index contributed by atoms with van der Waals surface area (Å²) in [6, 6.07) is 13.2. The van der Waals surface area contributed by atoms with Gasteiger partial charge in [-0.2, -0.15) is 0 Å². The van der Waals surface area contributed by atoms with Gasteiger partial charge in [0.2, 0.25) is 0 Å². The summed E-state index contributed by atoms with van der Waals surface area (Å²) in [7, 11) is 1.73. The molecule has 110 valence electrons. The van der Waals surface area contributed by atoms with Gasteiger partial charge in [-0.15, -0.1) is 0 Å². The largest absolute Gasteiger partial charge is 0.395 e. The molecule has 5 heteroatoms. The maximum Gasteiger partial charge on any atom is 0.257 e. The summed E-state index contributed by atoms with van der Waals surface area (Å²) in [5.41, 5.74) is 1.53. The van der Waals surface area contributed by atoms with E-state index < -0.39 is 0 Å². The van der Waals surface area contributed by atoms with E-state index in [2.05, 4.69) is 10.3 Å². The van der Waals surface area contributed by atoms with Crippen LogP contribution in [-0.4, -0.2) is 41.1 Å². The lowest BCUT2D eigenvalue weighted by Gasteiger charge is -2.22. The van der Waals surface area contributed by atoms with E-state index in [1.54, 1.807) is 30.3 Å². The van der Waals surface area contributed by atoms with Crippen molar-refractivity contribution in [1.82, 2.24) is 9.88 Å². The number of pyridine rings is 1. The molecule has 2 aromatic rings. The van der Waals surface area contributed by atoms with Crippen LogP contribution in [0.5, 0.6) is 0 Å². The summed E-state index contributed by atoms with van der Waals surface area (Å²) in [4.78, 5) is 18.4. The third-order valence-corrected chi connectivity index (χ3v) is 3.15. The standard InChI is InChI=1S/C16H19N3O2/c1-17-15-14(8-5-9-18-15)16(21)19(10-11-20)12-13-6-3-2-4-7-13/h2-9,20H,10-12H2,1H3,(H,17,18). The summed E-state index contributed by atoms with van der Waals surface area (Å²) in [5.74, 6) is 0.392. The number of hydrogen-bond donors (Lipinski definition) is 2. The molecule has 21 heavy (non-hydrogen) atoms. The average molecular weight is 285 g/mol. The predicted octanol–water partition coefficient (Wildman–Crippen LogP) is 1.76. The summed E-state index contributed by atoms with van der Waals surface area (Å²) < 4.78 is 0. The van der Waals surface area contributed by atoms with E-state index in [-0.39, 0.29) is 19.1 Å². The molecule has 0 aliphatic carbocycles. The van der Waals surface area contributed by atoms with Gasteiger partial charge in [0.05, 0.1) is 12.2 Å². The number of nitrogens with one attached hydrogen (secondary N) is 1. The number of carbonyl (C=O) groups excluding carboxylic acids is 1. The third kappa shape index (κ3) is 3.79. The Kier molecular flexibility index (Phi) is 5.29. The van der Waals surface area contributed by atoms with Gasteiger partial charge in [-0.25, -0.2) is 4.98 Å². The second kappa shape index (κ2) is 7.40. The van der Waals surface area contributed by atoms with Crippen molar-refractivity contribution in [3.05, 3.63) is 59.8 Å². The number of nitrogens with zero attached hydrogens (tertiary/aromatic N) is 2. The lowest BCUT2D eigenvalue weighted by Crippen LogP contribution is -2.33. The normalized spacial score (nSPS) is 10.2. The van der Waals surface area contributed by atoms with E-state index in [1.807, 2.05) is 30.3 Å². The number of rotatable bonds is 6. The van der Waals surface area contributed by atoms with E-state index in [9.17, 15) is 9.90 Å². The highest BCUT2D eigenvalue weighted by Crippen LogP contribution is 2.15. The number of carbonyl (C=O) groups is 1. The molecule has 0 radical (unpaired) electrons. The Morgan fingerprint density at radius 2 is 2.00 bits per heavy atom. The average Bonchev–Trinajstić information content (AvgIpc) is 2.54. The van der Waals surface area contributed by atoms with Gasteiger partial charge in [-0.3, -0.25) is 4.79 Å². The number of benzene rings is 1. The van der Waals surface area contributed by atoms with Crippen LogP contribution in [0.2, 0.25) is 0 Å². The van der Waals surface area contributed by atoms with Crippen LogP contribution in [0.4, 0.5) is 5.82 Å². The van der Waals surface area contributed by atoms with Crippen LogP contribution >= 0.6 is 0 Å². The Bertz CT molecular complexity index is 587. The zero-order valence-corrected chi connectivity index (χ0v) is 12.0. The first-order chi connectivity index (χ1) is 10.3. The van der Waals surface area contributed by atoms with Crippen LogP contribution in [-0.2, 0) is 6.54 Å². The minimum Gasteiger partial charge on any atom is -0.395 e. The molecular weight excluding hydrogens is 266 g/mol. The highest BCUT2D eigenvalue weighted by Gasteiger charge is 2.19. The molecule has 0 unspecified atom stereocenters. The molecule has 2 rings (SSSR count). The fraction of sp³-hybridized carbons (Fsp3) is 0.250. The van der Waals surface area contributed by atoms with Gasteiger partial charge in [0.1, 0.15) is 5.82 Å². The summed E-state index contributed by atoms with van der Waals surface area (Å²) in [6.45, 7) is 0.664. The molecule has 5 nitrogen and oxygen atoms in total. The lowest BCUT2D eigenvalue weighted by molar-refractivity contribution is 0.0708. The maximum atomic E-state index is 12.7. The van der Waals surface area contributed by atoms with Crippen molar-refractivity contribution in [2.75, 3.05) is 25.5 Å². The number of hydrogen-bond acceptors (Lipinski definition) is 4. The molecule has 0 atom stereocenters. The van der Waals surface area contributed by atoms with Crippen molar-refractivity contribution in [2.24, 2.45) is 0 Å². The van der Waals surface area contributed by atoms with Crippen LogP contribution in [0.1, 0.15) is 15.9 Å². The molecular formula is C16H19N3O2. The lowest BCUT2D eigenvalue weighted by atomic mass is 10.1. The SMILES string of the molecule is CNc1ncccc1C(=O)N(CCO)Cc1ccccc1. The molecule has 2 N–H and O–H groups in total. The Labute approximate surface area is 124 Å². The van der Waals surface area contributed by atoms with Crippen LogP contribution < -0.4 is 5.32 Å². The molecule has 1 amide bonds. The maximum absolute atomic E-state index is 12.7. The van der Waals surface area contributed by atoms with Crippen LogP contribution in [0, 0.1) is 0 Å². The van der Waals surface area contributed by atoms with E-state index in [0.29, 0.717) is 17.9 Å². The fourth-order valence-electron chi connectivity index (χ4n) is 2.12. The molecule has 0 aliphatic rings. The number of aliphatic hydroxyl groups excluding tert-OH is 1. The summed E-state index contributed by atoms with van der Waals surface area (Å²) >= 11 is 0. The van der Waals surface area contributed by atoms with Gasteiger partial charge in [0.15, 0.2) is 0 Å². The number of aromatic nitrogens is 1. The van der Waals surface area contributed by atoms with Crippen molar-refractivity contribution < 1.29 is 9.90 Å². The highest BCUT2D eigenvalue weighted by atomic mass is 16.3. The number of aliphatic hydroxyl groups is 1. The summed E-state index contributed by atoms with van der Waals surface area (Å²) in [5, 5.41) is 12.1. The molecule has 1 aromatic heterocycles. The quantitative estimate of drug-likeness (QED) is 0.849. The molecule has 0 fully saturated rings. The van der Waals surface area contributed by atoms with E-state index in [1.165, 1.54) is 0 Å². The highest BCUT2D eigenvalue weighted by molar-refractivity contribution is 5.98. The Morgan fingerprint density at radius 3 is 2.67 bits per heavy atom. The van der Waals surface area contributed by atoms with Crippen LogP contribution in [0.25, 0.3) is 0 Å². The zero-order valence-electron chi connectivity index (χ0n) is 12.0. The van der Waals surface area contributed by atoms with Crippen molar-refractivity contribution in [2.45, 2.75) is 6.54 Å². The first kappa shape index (κ1) is 15.0. The minimum atomic E-state index is -0.148. The Balaban J connectivity index is 2.23. The molecule has 0 spiro atoms. The molecule has 0 saturated heterocycles. The van der Waals surface area contributed by atoms with Gasteiger partial charge < -0.3 is 15.3 Å². The van der Waals surface area contributed by atoms with Crippen LogP contribution in [0.15, 0.2) is 48.7 Å². The van der Waals surface area contributed by atoms with Gasteiger partial charge in [-0.05, 0) is 17.7 Å². The second-order valence-electron chi connectivity index (χ2n) is 4.59. The molecule has 1 heterocycles. The minimum absolute atomic E-state index is 0.0757. The van der Waals surface area contributed by atoms with E-state index in [4.69, 9.17) is 0 Å². The predicted molar refractivity (Wildman–Crippen MR) is 82.1 cm³/mol. The molecule has 1 aromatic carbocycles. The monoisotopic (exact) mass is 285 g/mol. The first-order valence-corrected chi connectivity index (χ1v) is 6.83. The molecule has 0 aliphatic heterocycles. The Hall–Kier alpha value is -2.40. The van der Waals surface area contributed by atoms with Gasteiger partial charge >= 0.3 is 0 Å². The zero-order chi connectivity index (χ0) is 15.1. The smallest absolute Gasteiger partial charge is 0.257 e. The second-order valence-corrected chi connectivity index (χ2v) is 4.59. The Morgan fingerprint density at radius 1 is 1.24 bits per heavy atom. The number of anilines is 1. The van der Waals surface area contributed by atoms with Crippen molar-refractivity contribution in [3.63, 3.8) is 0 Å². The topological polar surface area (TPSA) is 65.5 Å². The third-order valence-electron chi connectivity index (χ3n) is 3.15. The molecule has 0 bridgehead atoms. The fourth-order valence-corrected chi connectivity index (χ4v) is 2.12. The van der Waals surface area contributed by atoms with Crippen molar-refractivity contribution >= 4 is 11.7 Å². The van der Waals surface area contributed by atoms with Crippen molar-refractivity contribution in [3.8, 4) is 0 Å². The van der Waals surface area contributed by atoms with E-state index in [0.717, 1.165) is 5.56 Å². The van der Waals surface area contributed by atoms with Gasteiger partial charge in [-0.1, -0.05) is 30.3 Å². The van der Waals surface area contributed by atoms with Gasteiger partial charge in [0.25, 0.3) is 5.91 Å². The van der Waals surface area contributed by atoms with E-state index >= 15 is 0 Å². The van der Waals surface area contributed by atoms with Crippen LogP contribution in [0.3, 0.4) is 0 Å².